The van der Waals surface area contributed by atoms with Gasteiger partial charge in [0.15, 0.2) is 5.82 Å². The lowest BCUT2D eigenvalue weighted by Gasteiger charge is -2.36. The summed E-state index contributed by atoms with van der Waals surface area (Å²) in [5, 5.41) is 0.827. The molecule has 0 spiro atoms. The Morgan fingerprint density at radius 3 is 2.57 bits per heavy atom. The summed E-state index contributed by atoms with van der Waals surface area (Å²) in [6, 6.07) is 0. The second kappa shape index (κ2) is 9.55. The van der Waals surface area contributed by atoms with E-state index in [1.165, 1.54) is 11.3 Å². The van der Waals surface area contributed by atoms with Gasteiger partial charge in [-0.3, -0.25) is 9.69 Å². The molecule has 164 valence electrons. The molecule has 4 heterocycles. The lowest BCUT2D eigenvalue weighted by molar-refractivity contribution is 0.0243. The number of amides is 1. The van der Waals surface area contributed by atoms with Gasteiger partial charge in [0.05, 0.1) is 30.6 Å². The topological polar surface area (TPSA) is 77.0 Å². The number of carbonyl (C=O) groups is 1. The number of carbonyl (C=O) groups excluding carboxylic acids is 1. The van der Waals surface area contributed by atoms with Gasteiger partial charge in [-0.25, -0.2) is 4.98 Å². The summed E-state index contributed by atoms with van der Waals surface area (Å²) in [6.45, 7) is 8.70. The number of methoxy groups -OCH3 is 2. The number of hydrogen-bond acceptors (Lipinski definition) is 8. The number of nitrogens with zero attached hydrogens (tertiary/aromatic N) is 4. The minimum Gasteiger partial charge on any atom is -0.480 e. The van der Waals surface area contributed by atoms with Crippen LogP contribution in [0.5, 0.6) is 5.88 Å². The van der Waals surface area contributed by atoms with Crippen LogP contribution in [0, 0.1) is 12.8 Å². The first-order chi connectivity index (χ1) is 14.6. The number of aryl methyl sites for hydroxylation is 1. The Balaban J connectivity index is 1.46. The first-order valence-corrected chi connectivity index (χ1v) is 11.3. The molecule has 2 aliphatic rings. The zero-order valence-electron chi connectivity index (χ0n) is 18.0. The van der Waals surface area contributed by atoms with Crippen molar-refractivity contribution in [2.24, 2.45) is 5.92 Å². The van der Waals surface area contributed by atoms with Crippen LogP contribution in [-0.4, -0.2) is 85.8 Å². The minimum absolute atomic E-state index is 0.0932. The maximum absolute atomic E-state index is 13.3. The third kappa shape index (κ3) is 4.44. The molecule has 0 radical (unpaired) electrons. The van der Waals surface area contributed by atoms with E-state index in [0.29, 0.717) is 24.2 Å². The highest BCUT2D eigenvalue weighted by Gasteiger charge is 2.29. The van der Waals surface area contributed by atoms with E-state index >= 15 is 0 Å². The zero-order chi connectivity index (χ0) is 21.1. The van der Waals surface area contributed by atoms with Crippen LogP contribution in [0.2, 0.25) is 0 Å². The van der Waals surface area contributed by atoms with Gasteiger partial charge in [0.25, 0.3) is 5.91 Å². The van der Waals surface area contributed by atoms with Crippen LogP contribution in [0.3, 0.4) is 0 Å². The van der Waals surface area contributed by atoms with Gasteiger partial charge >= 0.3 is 0 Å². The molecule has 0 aromatic carbocycles. The summed E-state index contributed by atoms with van der Waals surface area (Å²) in [7, 11) is 3.20. The molecule has 30 heavy (non-hydrogen) atoms. The molecule has 0 atom stereocenters. The Hall–Kier alpha value is -1.81. The van der Waals surface area contributed by atoms with E-state index in [2.05, 4.69) is 14.9 Å². The standard InChI is InChI=1S/C21H30N4O4S/c1-14-17-19(28-3)22-16(13-27-2)23-20(17)30-18(14)21(26)25-6-4-15(5-7-25)12-24-8-10-29-11-9-24/h15H,4-13H2,1-3H3. The van der Waals surface area contributed by atoms with Gasteiger partial charge in [0, 0.05) is 39.8 Å². The molecule has 0 saturated carbocycles. The van der Waals surface area contributed by atoms with Crippen LogP contribution in [0.25, 0.3) is 10.2 Å². The Bertz CT molecular complexity index is 889. The summed E-state index contributed by atoms with van der Waals surface area (Å²) in [5.41, 5.74) is 0.899. The molecule has 0 aliphatic carbocycles. The Kier molecular flexibility index (Phi) is 6.82. The van der Waals surface area contributed by atoms with Crippen LogP contribution >= 0.6 is 11.3 Å². The molecule has 2 aromatic heterocycles. The fourth-order valence-electron chi connectivity index (χ4n) is 4.30. The number of thiophene rings is 1. The van der Waals surface area contributed by atoms with Crippen molar-refractivity contribution in [3.05, 3.63) is 16.3 Å². The van der Waals surface area contributed by atoms with E-state index in [4.69, 9.17) is 14.2 Å². The van der Waals surface area contributed by atoms with Crippen molar-refractivity contribution in [2.45, 2.75) is 26.4 Å². The number of rotatable bonds is 6. The van der Waals surface area contributed by atoms with Crippen LogP contribution in [-0.2, 0) is 16.1 Å². The van der Waals surface area contributed by atoms with E-state index in [1.54, 1.807) is 14.2 Å². The summed E-state index contributed by atoms with van der Waals surface area (Å²) >= 11 is 1.42. The predicted octanol–water partition coefficient (Wildman–Crippen LogP) is 2.34. The summed E-state index contributed by atoms with van der Waals surface area (Å²) in [5.74, 6) is 1.81. The van der Waals surface area contributed by atoms with Crippen LogP contribution in [0.15, 0.2) is 0 Å². The Labute approximate surface area is 181 Å². The molecule has 1 amide bonds. The highest BCUT2D eigenvalue weighted by atomic mass is 32.1. The van der Waals surface area contributed by atoms with Gasteiger partial charge in [-0.15, -0.1) is 11.3 Å². The first-order valence-electron chi connectivity index (χ1n) is 10.5. The lowest BCUT2D eigenvalue weighted by atomic mass is 9.95. The lowest BCUT2D eigenvalue weighted by Crippen LogP contribution is -2.44. The van der Waals surface area contributed by atoms with Crippen molar-refractivity contribution in [2.75, 3.05) is 60.2 Å². The molecule has 4 rings (SSSR count). The Morgan fingerprint density at radius 2 is 1.90 bits per heavy atom. The van der Waals surface area contributed by atoms with Gasteiger partial charge in [0.1, 0.15) is 11.4 Å². The maximum atomic E-state index is 13.3. The maximum Gasteiger partial charge on any atom is 0.264 e. The molecule has 0 N–H and O–H groups in total. The third-order valence-corrected chi connectivity index (χ3v) is 7.16. The van der Waals surface area contributed by atoms with Crippen molar-refractivity contribution in [1.29, 1.82) is 0 Å². The smallest absolute Gasteiger partial charge is 0.264 e. The van der Waals surface area contributed by atoms with Gasteiger partial charge < -0.3 is 19.1 Å². The molecule has 2 aliphatic heterocycles. The van der Waals surface area contributed by atoms with Crippen molar-refractivity contribution in [3.63, 3.8) is 0 Å². The predicted molar refractivity (Wildman–Crippen MR) is 115 cm³/mol. The summed E-state index contributed by atoms with van der Waals surface area (Å²) < 4.78 is 16.1. The van der Waals surface area contributed by atoms with Crippen LogP contribution in [0.1, 0.15) is 33.9 Å². The molecular weight excluding hydrogens is 404 g/mol. The average Bonchev–Trinajstić information content (AvgIpc) is 3.10. The number of morpholine rings is 1. The molecule has 0 bridgehead atoms. The molecule has 9 heteroatoms. The van der Waals surface area contributed by atoms with Gasteiger partial charge in [-0.2, -0.15) is 4.98 Å². The normalized spacial score (nSPS) is 18.8. The van der Waals surface area contributed by atoms with Gasteiger partial charge in [0.2, 0.25) is 5.88 Å². The minimum atomic E-state index is 0.0932. The summed E-state index contributed by atoms with van der Waals surface area (Å²) in [4.78, 5) is 28.3. The SMILES string of the molecule is COCc1nc(OC)c2c(C)c(C(=O)N3CCC(CN4CCOCC4)CC3)sc2n1. The largest absolute Gasteiger partial charge is 0.480 e. The zero-order valence-corrected chi connectivity index (χ0v) is 18.8. The first kappa shape index (κ1) is 21.4. The highest BCUT2D eigenvalue weighted by Crippen LogP contribution is 2.36. The van der Waals surface area contributed by atoms with E-state index in [9.17, 15) is 4.79 Å². The van der Waals surface area contributed by atoms with Crippen molar-refractivity contribution < 1.29 is 19.0 Å². The Morgan fingerprint density at radius 1 is 1.17 bits per heavy atom. The quantitative estimate of drug-likeness (QED) is 0.691. The fraction of sp³-hybridized carbons (Fsp3) is 0.667. The van der Waals surface area contributed by atoms with Gasteiger partial charge in [-0.05, 0) is 31.2 Å². The van der Waals surface area contributed by atoms with Crippen molar-refractivity contribution in [1.82, 2.24) is 19.8 Å². The molecule has 8 nitrogen and oxygen atoms in total. The van der Waals surface area contributed by atoms with E-state index in [1.807, 2.05) is 11.8 Å². The number of likely N-dealkylation sites (tertiary alicyclic amines) is 1. The molecule has 2 fully saturated rings. The molecule has 2 saturated heterocycles. The third-order valence-electron chi connectivity index (χ3n) is 5.99. The van der Waals surface area contributed by atoms with E-state index in [-0.39, 0.29) is 5.91 Å². The van der Waals surface area contributed by atoms with E-state index < -0.39 is 0 Å². The monoisotopic (exact) mass is 434 g/mol. The number of ether oxygens (including phenoxy) is 3. The molecule has 2 aromatic rings. The van der Waals surface area contributed by atoms with Gasteiger partial charge in [-0.1, -0.05) is 0 Å². The molecule has 0 unspecified atom stereocenters. The second-order valence-electron chi connectivity index (χ2n) is 7.97. The highest BCUT2D eigenvalue weighted by molar-refractivity contribution is 7.20. The van der Waals surface area contributed by atoms with Crippen molar-refractivity contribution in [3.8, 4) is 5.88 Å². The number of aromatic nitrogens is 2. The summed E-state index contributed by atoms with van der Waals surface area (Å²) in [6.07, 6.45) is 2.10. The van der Waals surface area contributed by atoms with Crippen LogP contribution < -0.4 is 4.74 Å². The number of hydrogen-bond donors (Lipinski definition) is 0. The van der Waals surface area contributed by atoms with Crippen LogP contribution in [0.4, 0.5) is 0 Å². The second-order valence-corrected chi connectivity index (χ2v) is 8.97. The van der Waals surface area contributed by atoms with Crippen molar-refractivity contribution >= 4 is 27.5 Å². The number of fused-ring (bicyclic) bond motifs is 1. The fourth-order valence-corrected chi connectivity index (χ4v) is 5.46. The van der Waals surface area contributed by atoms with E-state index in [0.717, 1.165) is 79.4 Å². The average molecular weight is 435 g/mol. The number of piperidine rings is 1. The molecular formula is C21H30N4O4S.